The van der Waals surface area contributed by atoms with Crippen molar-refractivity contribution in [3.63, 3.8) is 0 Å². The van der Waals surface area contributed by atoms with E-state index in [0.717, 1.165) is 59.8 Å². The van der Waals surface area contributed by atoms with Crippen molar-refractivity contribution < 1.29 is 26.2 Å². The van der Waals surface area contributed by atoms with Gasteiger partial charge < -0.3 is 9.67 Å². The fraction of sp³-hybridized carbons (Fsp3) is 0.158. The molecule has 4 nitrogen and oxygen atoms in total. The van der Waals surface area contributed by atoms with E-state index in [2.05, 4.69) is 112 Å². The zero-order chi connectivity index (χ0) is 29.9. The number of phenols is 1. The fourth-order valence-corrected chi connectivity index (χ4v) is 6.65. The molecule has 0 unspecified atom stereocenters. The van der Waals surface area contributed by atoms with Gasteiger partial charge in [-0.1, -0.05) is 104 Å². The molecule has 0 aliphatic heterocycles. The third-order valence-electron chi connectivity index (χ3n) is 8.06. The van der Waals surface area contributed by atoms with Crippen molar-refractivity contribution >= 4 is 44.5 Å². The van der Waals surface area contributed by atoms with Crippen molar-refractivity contribution in [2.24, 2.45) is 0 Å². The van der Waals surface area contributed by atoms with Crippen LogP contribution in [0, 0.1) is 19.9 Å². The minimum atomic E-state index is 0. The Balaban J connectivity index is 0.00000343. The Morgan fingerprint density at radius 2 is 1.57 bits per heavy atom. The summed E-state index contributed by atoms with van der Waals surface area (Å²) < 4.78 is 2.20. The Morgan fingerprint density at radius 3 is 2.32 bits per heavy atom. The van der Waals surface area contributed by atoms with Crippen LogP contribution in [-0.2, 0) is 26.5 Å². The first-order chi connectivity index (χ1) is 20.7. The molecular weight excluding hydrogens is 742 g/mol. The molecule has 7 rings (SSSR count). The predicted octanol–water partition coefficient (Wildman–Crippen LogP) is 9.96. The molecule has 7 aromatic rings. The van der Waals surface area contributed by atoms with Gasteiger partial charge in [-0.05, 0) is 70.3 Å². The van der Waals surface area contributed by atoms with Gasteiger partial charge in [-0.3, -0.25) is 0 Å². The zero-order valence-corrected chi connectivity index (χ0v) is 28.3. The number of hydrogen-bond acceptors (Lipinski definition) is 4. The van der Waals surface area contributed by atoms with E-state index in [0.29, 0.717) is 5.52 Å². The van der Waals surface area contributed by atoms with Crippen LogP contribution in [-0.4, -0.2) is 19.6 Å². The maximum Gasteiger partial charge on any atom is 0.141 e. The van der Waals surface area contributed by atoms with Gasteiger partial charge in [0.25, 0.3) is 0 Å². The molecule has 0 radical (unpaired) electrons. The number of aromatic nitrogens is 3. The number of benzene rings is 4. The van der Waals surface area contributed by atoms with Crippen molar-refractivity contribution in [1.29, 1.82) is 0 Å². The number of fused-ring (bicyclic) bond motifs is 4. The SMILES string of the molecule is Cc1ccnc(-n2c3[c-]c(Sc4cc(-c5ccc(C(C)(C)C)cc5)c5cccc(O)c5n4)c(C)cc3c3ccccc32)c1.[Pt]. The molecule has 0 bridgehead atoms. The summed E-state index contributed by atoms with van der Waals surface area (Å²) in [6.07, 6.45) is 1.86. The molecular formula is C38H32N3OPtS-. The van der Waals surface area contributed by atoms with E-state index in [9.17, 15) is 5.11 Å². The van der Waals surface area contributed by atoms with E-state index in [1.807, 2.05) is 24.4 Å². The summed E-state index contributed by atoms with van der Waals surface area (Å²) in [6, 6.07) is 35.0. The molecule has 0 aliphatic rings. The normalized spacial score (nSPS) is 11.8. The Hall–Kier alpha value is -3.92. The Morgan fingerprint density at radius 1 is 0.818 bits per heavy atom. The molecule has 3 heterocycles. The van der Waals surface area contributed by atoms with E-state index < -0.39 is 0 Å². The fourth-order valence-electron chi connectivity index (χ4n) is 5.76. The van der Waals surface area contributed by atoms with Crippen LogP contribution in [0.3, 0.4) is 0 Å². The minimum absolute atomic E-state index is 0. The number of nitrogens with zero attached hydrogens (tertiary/aromatic N) is 3. The van der Waals surface area contributed by atoms with Gasteiger partial charge in [0.2, 0.25) is 0 Å². The second-order valence-corrected chi connectivity index (χ2v) is 13.2. The predicted molar refractivity (Wildman–Crippen MR) is 179 cm³/mol. The van der Waals surface area contributed by atoms with E-state index in [1.54, 1.807) is 17.8 Å². The second kappa shape index (κ2) is 11.5. The zero-order valence-electron chi connectivity index (χ0n) is 25.3. The maximum atomic E-state index is 10.9. The monoisotopic (exact) mass is 773 g/mol. The van der Waals surface area contributed by atoms with E-state index >= 15 is 0 Å². The van der Waals surface area contributed by atoms with Crippen molar-refractivity contribution in [3.05, 3.63) is 120 Å². The Bertz CT molecular complexity index is 2180. The van der Waals surface area contributed by atoms with Crippen LogP contribution < -0.4 is 0 Å². The van der Waals surface area contributed by atoms with Crippen LogP contribution in [0.4, 0.5) is 0 Å². The first-order valence-electron chi connectivity index (χ1n) is 14.5. The number of para-hydroxylation sites is 2. The van der Waals surface area contributed by atoms with Crippen LogP contribution in [0.5, 0.6) is 5.75 Å². The summed E-state index contributed by atoms with van der Waals surface area (Å²) in [5.41, 5.74) is 8.44. The number of rotatable bonds is 4. The van der Waals surface area contributed by atoms with E-state index in [1.165, 1.54) is 10.9 Å². The van der Waals surface area contributed by atoms with Crippen LogP contribution in [0.1, 0.15) is 37.5 Å². The first kappa shape index (κ1) is 30.1. The van der Waals surface area contributed by atoms with E-state index in [-0.39, 0.29) is 32.2 Å². The third-order valence-corrected chi connectivity index (χ3v) is 9.10. The van der Waals surface area contributed by atoms with Gasteiger partial charge in [-0.2, -0.15) is 6.07 Å². The Labute approximate surface area is 276 Å². The minimum Gasteiger partial charge on any atom is -0.506 e. The molecule has 0 amide bonds. The molecule has 0 atom stereocenters. The first-order valence-corrected chi connectivity index (χ1v) is 15.3. The molecule has 0 spiro atoms. The summed E-state index contributed by atoms with van der Waals surface area (Å²) in [4.78, 5) is 10.7. The molecule has 1 N–H and O–H groups in total. The van der Waals surface area contributed by atoms with Gasteiger partial charge in [0, 0.05) is 38.2 Å². The van der Waals surface area contributed by atoms with Crippen molar-refractivity contribution in [2.75, 3.05) is 0 Å². The van der Waals surface area contributed by atoms with Gasteiger partial charge in [-0.25, -0.2) is 9.97 Å². The number of aryl methyl sites for hydroxylation is 2. The number of hydrogen-bond donors (Lipinski definition) is 1. The second-order valence-electron chi connectivity index (χ2n) is 12.2. The van der Waals surface area contributed by atoms with Crippen LogP contribution in [0.15, 0.2) is 107 Å². The maximum absolute atomic E-state index is 10.9. The largest absolute Gasteiger partial charge is 0.506 e. The summed E-state index contributed by atoms with van der Waals surface area (Å²) in [5, 5.41) is 14.9. The standard InChI is InChI=1S/C38H32N3OS.Pt/c1-23-17-18-39-35(19-23)41-31-11-7-6-9-27(31)30-20-24(2)34(22-32(30)41)43-36-21-29(28-10-8-12-33(42)37(28)40-36)25-13-15-26(16-14-25)38(3,4)5;/h6-21,42H,1-5H3;/q-1;. The molecule has 4 aromatic carbocycles. The number of phenolic OH excluding ortho intramolecular Hbond substituents is 1. The summed E-state index contributed by atoms with van der Waals surface area (Å²) in [6.45, 7) is 10.9. The molecule has 0 saturated heterocycles. The molecule has 44 heavy (non-hydrogen) atoms. The quantitative estimate of drug-likeness (QED) is 0.181. The number of pyridine rings is 2. The van der Waals surface area contributed by atoms with Crippen LogP contribution in [0.25, 0.3) is 49.7 Å². The average Bonchev–Trinajstić information content (AvgIpc) is 3.30. The van der Waals surface area contributed by atoms with Gasteiger partial charge >= 0.3 is 0 Å². The van der Waals surface area contributed by atoms with Gasteiger partial charge in [0.1, 0.15) is 22.1 Å². The number of aromatic hydroxyl groups is 1. The molecule has 0 saturated carbocycles. The van der Waals surface area contributed by atoms with Gasteiger partial charge in [0.15, 0.2) is 0 Å². The average molecular weight is 774 g/mol. The van der Waals surface area contributed by atoms with Crippen molar-refractivity contribution in [2.45, 2.75) is 50.0 Å². The van der Waals surface area contributed by atoms with Crippen molar-refractivity contribution in [1.82, 2.24) is 14.5 Å². The summed E-state index contributed by atoms with van der Waals surface area (Å²) in [5.74, 6) is 1.05. The van der Waals surface area contributed by atoms with Gasteiger partial charge in [-0.15, -0.1) is 17.0 Å². The molecule has 0 aliphatic carbocycles. The van der Waals surface area contributed by atoms with Gasteiger partial charge in [0.05, 0.1) is 0 Å². The van der Waals surface area contributed by atoms with Crippen molar-refractivity contribution in [3.8, 4) is 22.7 Å². The molecule has 0 fully saturated rings. The smallest absolute Gasteiger partial charge is 0.141 e. The summed E-state index contributed by atoms with van der Waals surface area (Å²) >= 11 is 1.57. The van der Waals surface area contributed by atoms with E-state index in [4.69, 9.17) is 9.97 Å². The molecule has 222 valence electrons. The molecule has 3 aromatic heterocycles. The molecule has 6 heteroatoms. The Kier molecular flexibility index (Phi) is 7.90. The summed E-state index contributed by atoms with van der Waals surface area (Å²) in [7, 11) is 0. The van der Waals surface area contributed by atoms with Crippen LogP contribution in [0.2, 0.25) is 0 Å². The van der Waals surface area contributed by atoms with Crippen LogP contribution >= 0.6 is 11.8 Å². The third kappa shape index (κ3) is 5.33. The topological polar surface area (TPSA) is 50.9 Å².